The van der Waals surface area contributed by atoms with Gasteiger partial charge in [-0.2, -0.15) is 13.2 Å². The highest BCUT2D eigenvalue weighted by Crippen LogP contribution is 2.19. The van der Waals surface area contributed by atoms with Crippen LogP contribution < -0.4 is 11.1 Å². The molecule has 0 aromatic carbocycles. The Morgan fingerprint density at radius 2 is 2.07 bits per heavy atom. The first-order valence-corrected chi connectivity index (χ1v) is 4.00. The normalized spacial score (nSPS) is 11.4. The van der Waals surface area contributed by atoms with E-state index in [0.29, 0.717) is 5.82 Å². The van der Waals surface area contributed by atoms with Crippen LogP contribution in [0, 0.1) is 0 Å². The van der Waals surface area contributed by atoms with Crippen LogP contribution in [0.3, 0.4) is 0 Å². The minimum absolute atomic E-state index is 0.194. The maximum Gasteiger partial charge on any atom is 0.390 e. The number of nitrogens with two attached hydrogens (primary N) is 1. The van der Waals surface area contributed by atoms with Gasteiger partial charge in [-0.1, -0.05) is 6.07 Å². The molecule has 0 fully saturated rings. The van der Waals surface area contributed by atoms with Crippen molar-refractivity contribution in [3.8, 4) is 0 Å². The van der Waals surface area contributed by atoms with Gasteiger partial charge >= 0.3 is 6.18 Å². The van der Waals surface area contributed by atoms with E-state index in [2.05, 4.69) is 10.3 Å². The molecule has 14 heavy (non-hydrogen) atoms. The second-order valence-electron chi connectivity index (χ2n) is 2.74. The van der Waals surface area contributed by atoms with Crippen molar-refractivity contribution < 1.29 is 13.2 Å². The number of hydrogen-bond donors (Lipinski definition) is 2. The molecule has 0 aliphatic carbocycles. The van der Waals surface area contributed by atoms with Gasteiger partial charge in [0.15, 0.2) is 0 Å². The molecule has 1 aromatic heterocycles. The summed E-state index contributed by atoms with van der Waals surface area (Å²) >= 11 is 0. The first kappa shape index (κ1) is 10.6. The number of nitrogens with one attached hydrogen (secondary N) is 1. The fourth-order valence-corrected chi connectivity index (χ4v) is 0.882. The molecule has 0 unspecified atom stereocenters. The van der Waals surface area contributed by atoms with E-state index in [-0.39, 0.29) is 12.4 Å². The Morgan fingerprint density at radius 3 is 2.64 bits per heavy atom. The fourth-order valence-electron chi connectivity index (χ4n) is 0.882. The van der Waals surface area contributed by atoms with Gasteiger partial charge in [-0.05, 0) is 12.1 Å². The molecule has 1 aromatic rings. The molecular formula is C8H10F3N3. The van der Waals surface area contributed by atoms with Gasteiger partial charge < -0.3 is 11.1 Å². The van der Waals surface area contributed by atoms with Gasteiger partial charge in [-0.3, -0.25) is 0 Å². The Labute approximate surface area is 79.1 Å². The van der Waals surface area contributed by atoms with Gasteiger partial charge in [0.2, 0.25) is 0 Å². The summed E-state index contributed by atoms with van der Waals surface area (Å²) in [6, 6.07) is 4.75. The van der Waals surface area contributed by atoms with Crippen LogP contribution in [0.1, 0.15) is 6.42 Å². The van der Waals surface area contributed by atoms with Gasteiger partial charge in [-0.25, -0.2) is 4.98 Å². The lowest BCUT2D eigenvalue weighted by Gasteiger charge is -2.08. The molecule has 0 aliphatic heterocycles. The summed E-state index contributed by atoms with van der Waals surface area (Å²) in [7, 11) is 0. The van der Waals surface area contributed by atoms with Crippen LogP contribution in [0.4, 0.5) is 24.8 Å². The van der Waals surface area contributed by atoms with Gasteiger partial charge in [0.05, 0.1) is 6.42 Å². The Kier molecular flexibility index (Phi) is 3.16. The summed E-state index contributed by atoms with van der Waals surface area (Å²) in [5.41, 5.74) is 5.34. The fraction of sp³-hybridized carbons (Fsp3) is 0.375. The molecular weight excluding hydrogens is 195 g/mol. The molecule has 0 atom stereocenters. The number of anilines is 2. The molecule has 0 saturated heterocycles. The quantitative estimate of drug-likeness (QED) is 0.793. The van der Waals surface area contributed by atoms with Crippen LogP contribution in [-0.4, -0.2) is 17.7 Å². The summed E-state index contributed by atoms with van der Waals surface area (Å²) in [5, 5.41) is 2.53. The van der Waals surface area contributed by atoms with E-state index in [0.717, 1.165) is 0 Å². The second-order valence-corrected chi connectivity index (χ2v) is 2.74. The summed E-state index contributed by atoms with van der Waals surface area (Å²) < 4.78 is 35.3. The Morgan fingerprint density at radius 1 is 1.36 bits per heavy atom. The minimum Gasteiger partial charge on any atom is -0.384 e. The third kappa shape index (κ3) is 3.97. The van der Waals surface area contributed by atoms with Crippen LogP contribution >= 0.6 is 0 Å². The first-order valence-electron chi connectivity index (χ1n) is 4.00. The van der Waals surface area contributed by atoms with Crippen molar-refractivity contribution >= 4 is 11.6 Å². The highest BCUT2D eigenvalue weighted by atomic mass is 19.4. The molecule has 3 nitrogen and oxygen atoms in total. The predicted molar refractivity (Wildman–Crippen MR) is 47.8 cm³/mol. The summed E-state index contributed by atoms with van der Waals surface area (Å²) in [5.74, 6) is 0.635. The van der Waals surface area contributed by atoms with Crippen LogP contribution in [0.15, 0.2) is 18.2 Å². The molecule has 0 spiro atoms. The van der Waals surface area contributed by atoms with E-state index in [9.17, 15) is 13.2 Å². The largest absolute Gasteiger partial charge is 0.390 e. The molecule has 0 amide bonds. The van der Waals surface area contributed by atoms with Crippen LogP contribution in [0.5, 0.6) is 0 Å². The summed E-state index contributed by atoms with van der Waals surface area (Å²) in [6.07, 6.45) is -5.03. The maximum absolute atomic E-state index is 11.8. The van der Waals surface area contributed by atoms with Crippen molar-refractivity contribution in [1.29, 1.82) is 0 Å². The molecule has 1 heterocycles. The molecule has 6 heteroatoms. The topological polar surface area (TPSA) is 50.9 Å². The van der Waals surface area contributed by atoms with E-state index in [1.165, 1.54) is 0 Å². The van der Waals surface area contributed by atoms with Gasteiger partial charge in [0.1, 0.15) is 11.6 Å². The van der Waals surface area contributed by atoms with E-state index in [4.69, 9.17) is 5.73 Å². The second kappa shape index (κ2) is 4.17. The zero-order chi connectivity index (χ0) is 10.6. The van der Waals surface area contributed by atoms with Crippen molar-refractivity contribution in [2.24, 2.45) is 0 Å². The number of aromatic nitrogens is 1. The zero-order valence-corrected chi connectivity index (χ0v) is 7.30. The van der Waals surface area contributed by atoms with E-state index >= 15 is 0 Å². The molecule has 0 saturated carbocycles. The van der Waals surface area contributed by atoms with Crippen molar-refractivity contribution in [3.63, 3.8) is 0 Å². The van der Waals surface area contributed by atoms with E-state index in [1.54, 1.807) is 18.2 Å². The molecule has 0 radical (unpaired) electrons. The average molecular weight is 205 g/mol. The summed E-state index contributed by atoms with van der Waals surface area (Å²) in [4.78, 5) is 3.79. The average Bonchev–Trinajstić information content (AvgIpc) is 2.01. The minimum atomic E-state index is -4.15. The van der Waals surface area contributed by atoms with Crippen molar-refractivity contribution in [2.45, 2.75) is 12.6 Å². The predicted octanol–water partition coefficient (Wildman–Crippen LogP) is 2.03. The number of nitrogen functional groups attached to an aromatic ring is 1. The number of halogens is 3. The van der Waals surface area contributed by atoms with Crippen molar-refractivity contribution in [2.75, 3.05) is 17.6 Å². The lowest BCUT2D eigenvalue weighted by molar-refractivity contribution is -0.131. The number of pyridine rings is 1. The third-order valence-corrected chi connectivity index (χ3v) is 1.49. The zero-order valence-electron chi connectivity index (χ0n) is 7.30. The lowest BCUT2D eigenvalue weighted by Crippen LogP contribution is -2.15. The lowest BCUT2D eigenvalue weighted by atomic mass is 10.4. The summed E-state index contributed by atoms with van der Waals surface area (Å²) in [6.45, 7) is -0.194. The monoisotopic (exact) mass is 205 g/mol. The smallest absolute Gasteiger partial charge is 0.384 e. The number of rotatable bonds is 3. The Balaban J connectivity index is 2.39. The number of alkyl halides is 3. The van der Waals surface area contributed by atoms with E-state index < -0.39 is 12.6 Å². The molecule has 0 aliphatic rings. The van der Waals surface area contributed by atoms with Crippen LogP contribution in [0.2, 0.25) is 0 Å². The highest BCUT2D eigenvalue weighted by molar-refractivity contribution is 5.41. The van der Waals surface area contributed by atoms with Crippen LogP contribution in [0.25, 0.3) is 0 Å². The van der Waals surface area contributed by atoms with E-state index in [1.807, 2.05) is 0 Å². The Hall–Kier alpha value is -1.46. The third-order valence-electron chi connectivity index (χ3n) is 1.49. The number of hydrogen-bond acceptors (Lipinski definition) is 3. The molecule has 3 N–H and O–H groups in total. The maximum atomic E-state index is 11.8. The molecule has 78 valence electrons. The van der Waals surface area contributed by atoms with Crippen molar-refractivity contribution in [1.82, 2.24) is 4.98 Å². The Bertz CT molecular complexity index is 298. The molecule has 0 bridgehead atoms. The van der Waals surface area contributed by atoms with Gasteiger partial charge in [0, 0.05) is 6.54 Å². The highest BCUT2D eigenvalue weighted by Gasteiger charge is 2.26. The number of nitrogens with zero attached hydrogens (tertiary/aromatic N) is 1. The standard InChI is InChI=1S/C8H10F3N3/c9-8(10,11)4-5-13-7-3-1-2-6(12)14-7/h1-3H,4-5H2,(H3,12,13,14). The van der Waals surface area contributed by atoms with Gasteiger partial charge in [0.25, 0.3) is 0 Å². The first-order chi connectivity index (χ1) is 6.47. The SMILES string of the molecule is Nc1cccc(NCCC(F)(F)F)n1. The molecule has 1 rings (SSSR count). The van der Waals surface area contributed by atoms with Crippen LogP contribution in [-0.2, 0) is 0 Å². The van der Waals surface area contributed by atoms with Gasteiger partial charge in [-0.15, -0.1) is 0 Å². The van der Waals surface area contributed by atoms with Crippen molar-refractivity contribution in [3.05, 3.63) is 18.2 Å².